The minimum Gasteiger partial charge on any atom is -0.393 e. The topological polar surface area (TPSA) is 91.5 Å². The number of aromatic nitrogens is 1. The fourth-order valence-corrected chi connectivity index (χ4v) is 4.48. The maximum absolute atomic E-state index is 12.8. The molecule has 4 rings (SSSR count). The van der Waals surface area contributed by atoms with Gasteiger partial charge in [-0.3, -0.25) is 9.69 Å². The second-order valence-corrected chi connectivity index (χ2v) is 8.67. The van der Waals surface area contributed by atoms with E-state index in [1.807, 2.05) is 6.07 Å². The van der Waals surface area contributed by atoms with Crippen molar-refractivity contribution in [2.45, 2.75) is 63.6 Å². The van der Waals surface area contributed by atoms with Gasteiger partial charge in [0.15, 0.2) is 0 Å². The molecule has 1 aromatic carbocycles. The Bertz CT molecular complexity index is 854. The zero-order valence-corrected chi connectivity index (χ0v) is 17.5. The minimum absolute atomic E-state index is 0.0815. The standard InChI is InChI=1S/C24H32N4O2/c25-23-22(24(30)27-20-8-10-21(29)11-9-20)14-19(15-26-23)18-6-4-17(5-7-18)16-28-12-2-1-3-13-28/h4-7,14-15,20-21,29H,1-3,8-13,16H2,(H2,25,26)(H,27,30)/t20-,21-. The van der Waals surface area contributed by atoms with Crippen molar-refractivity contribution in [3.05, 3.63) is 47.7 Å². The number of likely N-dealkylation sites (tertiary alicyclic amines) is 1. The molecule has 6 nitrogen and oxygen atoms in total. The van der Waals surface area contributed by atoms with Gasteiger partial charge < -0.3 is 16.2 Å². The molecule has 0 spiro atoms. The van der Waals surface area contributed by atoms with Crippen LogP contribution in [0, 0.1) is 0 Å². The summed E-state index contributed by atoms with van der Waals surface area (Å²) in [4.78, 5) is 19.6. The van der Waals surface area contributed by atoms with Crippen LogP contribution in [-0.4, -0.2) is 46.1 Å². The molecule has 2 fully saturated rings. The fourth-order valence-electron chi connectivity index (χ4n) is 4.48. The van der Waals surface area contributed by atoms with Crippen LogP contribution in [0.4, 0.5) is 5.82 Å². The van der Waals surface area contributed by atoms with Crippen molar-refractivity contribution >= 4 is 11.7 Å². The van der Waals surface area contributed by atoms with Gasteiger partial charge in [0.1, 0.15) is 5.82 Å². The van der Waals surface area contributed by atoms with E-state index in [1.54, 1.807) is 6.20 Å². The Kier molecular flexibility index (Phi) is 6.65. The Labute approximate surface area is 178 Å². The number of pyridine rings is 1. The van der Waals surface area contributed by atoms with Gasteiger partial charge in [-0.1, -0.05) is 30.7 Å². The van der Waals surface area contributed by atoms with E-state index in [0.29, 0.717) is 5.56 Å². The van der Waals surface area contributed by atoms with E-state index in [2.05, 4.69) is 39.5 Å². The molecular formula is C24H32N4O2. The third-order valence-electron chi connectivity index (χ3n) is 6.34. The molecule has 2 aliphatic rings. The van der Waals surface area contributed by atoms with Crippen molar-refractivity contribution in [3.8, 4) is 11.1 Å². The van der Waals surface area contributed by atoms with Crippen LogP contribution in [0.2, 0.25) is 0 Å². The zero-order chi connectivity index (χ0) is 20.9. The monoisotopic (exact) mass is 408 g/mol. The lowest BCUT2D eigenvalue weighted by Crippen LogP contribution is -2.38. The molecule has 1 saturated carbocycles. The quantitative estimate of drug-likeness (QED) is 0.706. The number of amides is 1. The van der Waals surface area contributed by atoms with Gasteiger partial charge in [-0.2, -0.15) is 0 Å². The maximum atomic E-state index is 12.8. The van der Waals surface area contributed by atoms with E-state index in [1.165, 1.54) is 37.9 Å². The molecule has 1 saturated heterocycles. The summed E-state index contributed by atoms with van der Waals surface area (Å²) in [6.45, 7) is 3.36. The van der Waals surface area contributed by atoms with Crippen molar-refractivity contribution in [2.24, 2.45) is 0 Å². The predicted octanol–water partition coefficient (Wildman–Crippen LogP) is 3.35. The highest BCUT2D eigenvalue weighted by molar-refractivity contribution is 5.99. The van der Waals surface area contributed by atoms with E-state index in [-0.39, 0.29) is 23.9 Å². The summed E-state index contributed by atoms with van der Waals surface area (Å²) in [6.07, 6.45) is 8.44. The van der Waals surface area contributed by atoms with Crippen LogP contribution >= 0.6 is 0 Å². The summed E-state index contributed by atoms with van der Waals surface area (Å²) >= 11 is 0. The smallest absolute Gasteiger partial charge is 0.255 e. The average Bonchev–Trinajstić information content (AvgIpc) is 2.77. The molecule has 1 aromatic heterocycles. The van der Waals surface area contributed by atoms with Gasteiger partial charge in [0.05, 0.1) is 11.7 Å². The Morgan fingerprint density at radius 3 is 2.47 bits per heavy atom. The predicted molar refractivity (Wildman–Crippen MR) is 119 cm³/mol. The summed E-state index contributed by atoms with van der Waals surface area (Å²) < 4.78 is 0. The third-order valence-corrected chi connectivity index (χ3v) is 6.34. The number of anilines is 1. The summed E-state index contributed by atoms with van der Waals surface area (Å²) in [5.41, 5.74) is 9.64. The Morgan fingerprint density at radius 1 is 1.07 bits per heavy atom. The number of rotatable bonds is 5. The van der Waals surface area contributed by atoms with E-state index in [0.717, 1.165) is 43.4 Å². The van der Waals surface area contributed by atoms with E-state index >= 15 is 0 Å². The second kappa shape index (κ2) is 9.58. The number of benzene rings is 1. The highest BCUT2D eigenvalue weighted by Gasteiger charge is 2.22. The van der Waals surface area contributed by atoms with Gasteiger partial charge in [-0.15, -0.1) is 0 Å². The number of nitrogens with two attached hydrogens (primary N) is 1. The molecule has 0 atom stereocenters. The second-order valence-electron chi connectivity index (χ2n) is 8.67. The number of aliphatic hydroxyl groups is 1. The van der Waals surface area contributed by atoms with Crippen molar-refractivity contribution in [3.63, 3.8) is 0 Å². The number of nitrogens with zero attached hydrogens (tertiary/aromatic N) is 2. The lowest BCUT2D eigenvalue weighted by atomic mass is 9.93. The van der Waals surface area contributed by atoms with Crippen LogP contribution < -0.4 is 11.1 Å². The summed E-state index contributed by atoms with van der Waals surface area (Å²) in [6, 6.07) is 10.4. The number of aliphatic hydroxyl groups excluding tert-OH is 1. The van der Waals surface area contributed by atoms with Crippen molar-refractivity contribution in [2.75, 3.05) is 18.8 Å². The van der Waals surface area contributed by atoms with Gasteiger partial charge in [0.25, 0.3) is 5.91 Å². The molecule has 2 heterocycles. The van der Waals surface area contributed by atoms with Crippen LogP contribution in [0.3, 0.4) is 0 Å². The van der Waals surface area contributed by atoms with Crippen LogP contribution in [0.5, 0.6) is 0 Å². The van der Waals surface area contributed by atoms with E-state index in [9.17, 15) is 9.90 Å². The van der Waals surface area contributed by atoms with Crippen molar-refractivity contribution in [1.29, 1.82) is 0 Å². The first-order valence-electron chi connectivity index (χ1n) is 11.1. The number of nitrogen functional groups attached to an aromatic ring is 1. The van der Waals surface area contributed by atoms with Gasteiger partial charge in [0, 0.05) is 24.3 Å². The lowest BCUT2D eigenvalue weighted by molar-refractivity contribution is 0.0868. The minimum atomic E-state index is -0.244. The molecule has 30 heavy (non-hydrogen) atoms. The first kappa shape index (κ1) is 20.8. The maximum Gasteiger partial charge on any atom is 0.255 e. The van der Waals surface area contributed by atoms with Crippen molar-refractivity contribution in [1.82, 2.24) is 15.2 Å². The molecule has 160 valence electrons. The highest BCUT2D eigenvalue weighted by atomic mass is 16.3. The van der Waals surface area contributed by atoms with Gasteiger partial charge >= 0.3 is 0 Å². The average molecular weight is 409 g/mol. The number of piperidine rings is 1. The molecular weight excluding hydrogens is 376 g/mol. The normalized spacial score (nSPS) is 22.6. The summed E-state index contributed by atoms with van der Waals surface area (Å²) in [7, 11) is 0. The van der Waals surface area contributed by atoms with E-state index in [4.69, 9.17) is 5.73 Å². The van der Waals surface area contributed by atoms with Gasteiger partial charge in [0.2, 0.25) is 0 Å². The highest BCUT2D eigenvalue weighted by Crippen LogP contribution is 2.24. The first-order valence-corrected chi connectivity index (χ1v) is 11.1. The molecule has 4 N–H and O–H groups in total. The number of hydrogen-bond donors (Lipinski definition) is 3. The molecule has 1 amide bonds. The van der Waals surface area contributed by atoms with Crippen LogP contribution in [0.25, 0.3) is 11.1 Å². The number of carbonyl (C=O) groups excluding carboxylic acids is 1. The molecule has 6 heteroatoms. The number of hydrogen-bond acceptors (Lipinski definition) is 5. The molecule has 2 aromatic rings. The number of carbonyl (C=O) groups is 1. The Morgan fingerprint density at radius 2 is 1.77 bits per heavy atom. The van der Waals surface area contributed by atoms with E-state index < -0.39 is 0 Å². The Hall–Kier alpha value is -2.44. The summed E-state index contributed by atoms with van der Waals surface area (Å²) in [5.74, 6) is 0.0544. The SMILES string of the molecule is Nc1ncc(-c2ccc(CN3CCCCC3)cc2)cc1C(=O)N[C@H]1CC[C@H](O)CC1. The largest absolute Gasteiger partial charge is 0.393 e. The third kappa shape index (κ3) is 5.18. The number of nitrogens with one attached hydrogen (secondary N) is 1. The lowest BCUT2D eigenvalue weighted by Gasteiger charge is -2.26. The molecule has 0 bridgehead atoms. The molecule has 0 radical (unpaired) electrons. The zero-order valence-electron chi connectivity index (χ0n) is 17.5. The first-order chi connectivity index (χ1) is 14.6. The van der Waals surface area contributed by atoms with Crippen LogP contribution in [-0.2, 0) is 6.54 Å². The molecule has 0 unspecified atom stereocenters. The van der Waals surface area contributed by atoms with Gasteiger partial charge in [-0.05, 0) is 68.8 Å². The molecule has 1 aliphatic carbocycles. The van der Waals surface area contributed by atoms with Gasteiger partial charge in [-0.25, -0.2) is 4.98 Å². The Balaban J connectivity index is 1.43. The van der Waals surface area contributed by atoms with Crippen molar-refractivity contribution < 1.29 is 9.90 Å². The summed E-state index contributed by atoms with van der Waals surface area (Å²) in [5, 5.41) is 12.7. The van der Waals surface area contributed by atoms with Crippen LogP contribution in [0.15, 0.2) is 36.5 Å². The molecule has 1 aliphatic heterocycles. The fraction of sp³-hybridized carbons (Fsp3) is 0.500. The van der Waals surface area contributed by atoms with Crippen LogP contribution in [0.1, 0.15) is 60.9 Å².